The van der Waals surface area contributed by atoms with Gasteiger partial charge in [0.1, 0.15) is 0 Å². The third-order valence-electron chi connectivity index (χ3n) is 4.06. The van der Waals surface area contributed by atoms with Gasteiger partial charge in [0.15, 0.2) is 9.84 Å². The summed E-state index contributed by atoms with van der Waals surface area (Å²) in [6.45, 7) is 3.35. The van der Waals surface area contributed by atoms with Crippen molar-refractivity contribution in [3.63, 3.8) is 0 Å². The predicted octanol–water partition coefficient (Wildman–Crippen LogP) is 4.24. The Labute approximate surface area is 156 Å². The van der Waals surface area contributed by atoms with E-state index < -0.39 is 9.84 Å². The molecule has 0 radical (unpaired) electrons. The highest BCUT2D eigenvalue weighted by molar-refractivity contribution is 7.91. The minimum absolute atomic E-state index is 0.0310. The third-order valence-corrected chi connectivity index (χ3v) is 6.05. The van der Waals surface area contributed by atoms with E-state index in [9.17, 15) is 13.2 Å². The van der Waals surface area contributed by atoms with E-state index in [4.69, 9.17) is 11.6 Å². The normalized spacial score (nSPS) is 11.5. The predicted molar refractivity (Wildman–Crippen MR) is 104 cm³/mol. The summed E-state index contributed by atoms with van der Waals surface area (Å²) in [6.07, 6.45) is 0. The molecule has 0 saturated carbocycles. The Hall–Kier alpha value is -2.44. The number of nitrogens with zero attached hydrogens (tertiary/aromatic N) is 1. The summed E-state index contributed by atoms with van der Waals surface area (Å²) in [6, 6.07) is 13.2. The summed E-state index contributed by atoms with van der Waals surface area (Å²) in [7, 11) is -3.27. The molecule has 1 amide bonds. The minimum Gasteiger partial charge on any atom is -0.322 e. The Balaban J connectivity index is 1.88. The molecule has 0 spiro atoms. The van der Waals surface area contributed by atoms with Crippen molar-refractivity contribution in [2.24, 2.45) is 0 Å². The number of sulfone groups is 1. The second-order valence-electron chi connectivity index (χ2n) is 5.84. The first-order valence-corrected chi connectivity index (χ1v) is 10.0. The fraction of sp³-hybridized carbons (Fsp3) is 0.158. The van der Waals surface area contributed by atoms with Gasteiger partial charge in [0.25, 0.3) is 5.91 Å². The maximum atomic E-state index is 12.6. The van der Waals surface area contributed by atoms with E-state index in [0.717, 1.165) is 10.9 Å². The number of amides is 1. The number of nitrogens with one attached hydrogen (secondary N) is 1. The summed E-state index contributed by atoms with van der Waals surface area (Å²) >= 11 is 6.01. The molecule has 1 N–H and O–H groups in total. The van der Waals surface area contributed by atoms with Gasteiger partial charge in [-0.1, -0.05) is 18.5 Å². The Bertz CT molecular complexity index is 1090. The van der Waals surface area contributed by atoms with Gasteiger partial charge in [-0.2, -0.15) is 0 Å². The summed E-state index contributed by atoms with van der Waals surface area (Å²) in [4.78, 5) is 17.3. The highest BCUT2D eigenvalue weighted by atomic mass is 35.5. The zero-order valence-electron chi connectivity index (χ0n) is 14.3. The Morgan fingerprint density at radius 3 is 2.46 bits per heavy atom. The van der Waals surface area contributed by atoms with Crippen molar-refractivity contribution in [3.8, 4) is 0 Å². The lowest BCUT2D eigenvalue weighted by Crippen LogP contribution is -2.14. The Kier molecular flexibility index (Phi) is 4.98. The van der Waals surface area contributed by atoms with Gasteiger partial charge in [-0.25, -0.2) is 8.42 Å². The number of anilines is 1. The van der Waals surface area contributed by atoms with E-state index in [-0.39, 0.29) is 16.6 Å². The first-order chi connectivity index (χ1) is 12.3. The Morgan fingerprint density at radius 1 is 1.12 bits per heavy atom. The molecule has 0 aliphatic rings. The van der Waals surface area contributed by atoms with Gasteiger partial charge in [-0.05, 0) is 55.5 Å². The van der Waals surface area contributed by atoms with Crippen molar-refractivity contribution in [1.82, 2.24) is 4.98 Å². The minimum atomic E-state index is -3.27. The molecular formula is C19H17ClN2O3S. The Morgan fingerprint density at radius 2 is 1.81 bits per heavy atom. The summed E-state index contributed by atoms with van der Waals surface area (Å²) in [5.41, 5.74) is 2.31. The van der Waals surface area contributed by atoms with Gasteiger partial charge in [0.2, 0.25) is 0 Å². The van der Waals surface area contributed by atoms with E-state index in [1.54, 1.807) is 50.2 Å². The second kappa shape index (κ2) is 7.05. The molecule has 134 valence electrons. The van der Waals surface area contributed by atoms with Crippen LogP contribution in [0, 0.1) is 6.92 Å². The van der Waals surface area contributed by atoms with Crippen LogP contribution in [0.15, 0.2) is 53.4 Å². The number of carbonyl (C=O) groups is 1. The summed E-state index contributed by atoms with van der Waals surface area (Å²) in [5, 5.41) is 4.12. The van der Waals surface area contributed by atoms with Crippen LogP contribution in [0.2, 0.25) is 5.02 Å². The third kappa shape index (κ3) is 3.71. The van der Waals surface area contributed by atoms with Gasteiger partial charge in [0.05, 0.1) is 27.4 Å². The molecule has 0 fully saturated rings. The second-order valence-corrected chi connectivity index (χ2v) is 8.55. The van der Waals surface area contributed by atoms with E-state index >= 15 is 0 Å². The highest BCUT2D eigenvalue weighted by Crippen LogP contribution is 2.22. The lowest BCUT2D eigenvalue weighted by Gasteiger charge is -2.10. The summed E-state index contributed by atoms with van der Waals surface area (Å²) < 4.78 is 23.7. The molecule has 3 aromatic rings. The van der Waals surface area contributed by atoms with E-state index in [1.807, 2.05) is 0 Å². The van der Waals surface area contributed by atoms with Gasteiger partial charge in [-0.15, -0.1) is 0 Å². The van der Waals surface area contributed by atoms with Crippen molar-refractivity contribution in [2.45, 2.75) is 18.7 Å². The molecule has 26 heavy (non-hydrogen) atoms. The number of aryl methyl sites for hydroxylation is 1. The van der Waals surface area contributed by atoms with Gasteiger partial charge in [0, 0.05) is 16.1 Å². The zero-order valence-corrected chi connectivity index (χ0v) is 15.9. The van der Waals surface area contributed by atoms with Crippen LogP contribution in [0.5, 0.6) is 0 Å². The topological polar surface area (TPSA) is 76.1 Å². The van der Waals surface area contributed by atoms with Crippen molar-refractivity contribution in [3.05, 3.63) is 64.8 Å². The molecule has 2 aromatic carbocycles. The van der Waals surface area contributed by atoms with Crippen LogP contribution in [-0.2, 0) is 9.84 Å². The number of aromatic nitrogens is 1. The van der Waals surface area contributed by atoms with Gasteiger partial charge in [-0.3, -0.25) is 9.78 Å². The molecular weight excluding hydrogens is 372 g/mol. The quantitative estimate of drug-likeness (QED) is 0.725. The van der Waals surface area contributed by atoms with Crippen LogP contribution in [-0.4, -0.2) is 25.1 Å². The number of hydrogen-bond donors (Lipinski definition) is 1. The number of fused-ring (bicyclic) bond motifs is 1. The lowest BCUT2D eigenvalue weighted by atomic mass is 10.1. The molecule has 1 aromatic heterocycles. The van der Waals surface area contributed by atoms with Crippen LogP contribution in [0.1, 0.15) is 23.0 Å². The number of carbonyl (C=O) groups excluding carboxylic acids is 1. The van der Waals surface area contributed by atoms with Gasteiger partial charge >= 0.3 is 0 Å². The molecule has 0 aliphatic heterocycles. The first-order valence-electron chi connectivity index (χ1n) is 8.01. The lowest BCUT2D eigenvalue weighted by molar-refractivity contribution is 0.102. The molecule has 0 saturated heterocycles. The van der Waals surface area contributed by atoms with Crippen molar-refractivity contribution in [1.29, 1.82) is 0 Å². The molecule has 3 rings (SSSR count). The number of benzene rings is 2. The molecule has 0 atom stereocenters. The van der Waals surface area contributed by atoms with Gasteiger partial charge < -0.3 is 5.32 Å². The molecule has 0 bridgehead atoms. The summed E-state index contributed by atoms with van der Waals surface area (Å²) in [5.74, 6) is -0.286. The van der Waals surface area contributed by atoms with Crippen molar-refractivity contribution in [2.75, 3.05) is 11.1 Å². The van der Waals surface area contributed by atoms with Crippen LogP contribution in [0.25, 0.3) is 10.9 Å². The van der Waals surface area contributed by atoms with E-state index in [0.29, 0.717) is 22.0 Å². The number of rotatable bonds is 4. The number of hydrogen-bond acceptors (Lipinski definition) is 4. The fourth-order valence-electron chi connectivity index (χ4n) is 2.58. The first kappa shape index (κ1) is 18.4. The SMILES string of the molecule is CCS(=O)(=O)c1ccc(NC(=O)c2cc3cc(Cl)ccc3nc2C)cc1. The van der Waals surface area contributed by atoms with E-state index in [1.165, 1.54) is 12.1 Å². The van der Waals surface area contributed by atoms with Crippen LogP contribution >= 0.6 is 11.6 Å². The highest BCUT2D eigenvalue weighted by Gasteiger charge is 2.14. The standard InChI is InChI=1S/C19H17ClN2O3S/c1-3-26(24,25)16-7-5-15(6-8-16)22-19(23)17-11-13-10-14(20)4-9-18(13)21-12(17)2/h4-11H,3H2,1-2H3,(H,22,23). The molecule has 1 heterocycles. The van der Waals surface area contributed by atoms with Crippen molar-refractivity contribution < 1.29 is 13.2 Å². The van der Waals surface area contributed by atoms with Crippen LogP contribution in [0.3, 0.4) is 0 Å². The average molecular weight is 389 g/mol. The molecule has 0 aliphatic carbocycles. The molecule has 5 nitrogen and oxygen atoms in total. The number of halogens is 1. The fourth-order valence-corrected chi connectivity index (χ4v) is 3.65. The van der Waals surface area contributed by atoms with Crippen LogP contribution < -0.4 is 5.32 Å². The van der Waals surface area contributed by atoms with Crippen molar-refractivity contribution >= 4 is 43.9 Å². The number of pyridine rings is 1. The van der Waals surface area contributed by atoms with Crippen LogP contribution in [0.4, 0.5) is 5.69 Å². The molecule has 0 unspecified atom stereocenters. The smallest absolute Gasteiger partial charge is 0.257 e. The zero-order chi connectivity index (χ0) is 18.9. The molecule has 7 heteroatoms. The van der Waals surface area contributed by atoms with E-state index in [2.05, 4.69) is 10.3 Å². The monoisotopic (exact) mass is 388 g/mol. The largest absolute Gasteiger partial charge is 0.322 e. The maximum absolute atomic E-state index is 12.6. The average Bonchev–Trinajstić information content (AvgIpc) is 2.62. The maximum Gasteiger partial charge on any atom is 0.257 e.